The molecular formula is C10H16N2O3. The lowest BCUT2D eigenvalue weighted by Gasteiger charge is -2.13. The Bertz CT molecular complexity index is 270. The van der Waals surface area contributed by atoms with Crippen molar-refractivity contribution in [1.29, 1.82) is 5.26 Å². The summed E-state index contributed by atoms with van der Waals surface area (Å²) in [7, 11) is 1.25. The zero-order chi connectivity index (χ0) is 11.8. The van der Waals surface area contributed by atoms with E-state index in [9.17, 15) is 9.59 Å². The lowest BCUT2D eigenvalue weighted by molar-refractivity contribution is -0.144. The lowest BCUT2D eigenvalue weighted by atomic mass is 10.0. The van der Waals surface area contributed by atoms with Gasteiger partial charge in [-0.1, -0.05) is 13.3 Å². The van der Waals surface area contributed by atoms with Gasteiger partial charge >= 0.3 is 5.97 Å². The van der Waals surface area contributed by atoms with Crippen molar-refractivity contribution in [2.75, 3.05) is 7.11 Å². The Kier molecular flexibility index (Phi) is 6.11. The van der Waals surface area contributed by atoms with Crippen LogP contribution in [-0.4, -0.2) is 25.0 Å². The summed E-state index contributed by atoms with van der Waals surface area (Å²) in [6.45, 7) is 3.41. The van der Waals surface area contributed by atoms with Crippen LogP contribution in [0.1, 0.15) is 26.7 Å². The van der Waals surface area contributed by atoms with Crippen LogP contribution in [-0.2, 0) is 14.3 Å². The summed E-state index contributed by atoms with van der Waals surface area (Å²) in [4.78, 5) is 22.4. The number of nitrogens with one attached hydrogen (secondary N) is 1. The Morgan fingerprint density at radius 3 is 2.53 bits per heavy atom. The molecule has 15 heavy (non-hydrogen) atoms. The number of esters is 1. The summed E-state index contributed by atoms with van der Waals surface area (Å²) in [5, 5.41) is 11.1. The molecule has 0 rings (SSSR count). The summed E-state index contributed by atoms with van der Waals surface area (Å²) in [5.74, 6) is -1.63. The van der Waals surface area contributed by atoms with Gasteiger partial charge in [0.1, 0.15) is 12.0 Å². The molecule has 5 nitrogen and oxygen atoms in total. The molecule has 84 valence electrons. The number of hydrogen-bond acceptors (Lipinski definition) is 4. The van der Waals surface area contributed by atoms with E-state index in [2.05, 4.69) is 10.1 Å². The van der Waals surface area contributed by atoms with Crippen LogP contribution in [0.15, 0.2) is 0 Å². The van der Waals surface area contributed by atoms with Gasteiger partial charge in [-0.2, -0.15) is 5.26 Å². The maximum absolute atomic E-state index is 11.5. The van der Waals surface area contributed by atoms with E-state index < -0.39 is 23.8 Å². The molecule has 0 aromatic carbocycles. The molecule has 0 fully saturated rings. The van der Waals surface area contributed by atoms with E-state index in [1.54, 1.807) is 0 Å². The van der Waals surface area contributed by atoms with Crippen LogP contribution in [0.5, 0.6) is 0 Å². The van der Waals surface area contributed by atoms with E-state index in [4.69, 9.17) is 5.26 Å². The van der Waals surface area contributed by atoms with Gasteiger partial charge in [-0.3, -0.25) is 4.79 Å². The fourth-order valence-electron chi connectivity index (χ4n) is 1.09. The van der Waals surface area contributed by atoms with E-state index in [0.29, 0.717) is 6.42 Å². The van der Waals surface area contributed by atoms with Crippen molar-refractivity contribution in [1.82, 2.24) is 5.32 Å². The molecule has 5 heteroatoms. The zero-order valence-corrected chi connectivity index (χ0v) is 9.24. The van der Waals surface area contributed by atoms with E-state index in [0.717, 1.165) is 6.42 Å². The molecule has 0 saturated heterocycles. The molecule has 0 heterocycles. The fourth-order valence-corrected chi connectivity index (χ4v) is 1.09. The Morgan fingerprint density at radius 1 is 1.53 bits per heavy atom. The quantitative estimate of drug-likeness (QED) is 0.677. The second-order valence-corrected chi connectivity index (χ2v) is 3.22. The number of ether oxygens (including phenoxy) is 1. The minimum Gasteiger partial charge on any atom is -0.467 e. The van der Waals surface area contributed by atoms with Gasteiger partial charge in [0.25, 0.3) is 0 Å². The normalized spacial score (nSPS) is 13.5. The van der Waals surface area contributed by atoms with E-state index in [1.807, 2.05) is 13.0 Å². The summed E-state index contributed by atoms with van der Waals surface area (Å²) < 4.78 is 4.45. The smallest absolute Gasteiger partial charge is 0.328 e. The van der Waals surface area contributed by atoms with Crippen molar-refractivity contribution in [3.05, 3.63) is 0 Å². The summed E-state index contributed by atoms with van der Waals surface area (Å²) in [6.07, 6.45) is 1.24. The van der Waals surface area contributed by atoms with Crippen LogP contribution in [0.3, 0.4) is 0 Å². The Balaban J connectivity index is 4.23. The van der Waals surface area contributed by atoms with Gasteiger partial charge in [0.15, 0.2) is 0 Å². The average Bonchev–Trinajstić information content (AvgIpc) is 2.24. The molecule has 0 bridgehead atoms. The maximum Gasteiger partial charge on any atom is 0.328 e. The number of carbonyl (C=O) groups excluding carboxylic acids is 2. The van der Waals surface area contributed by atoms with Gasteiger partial charge in [-0.25, -0.2) is 4.79 Å². The highest BCUT2D eigenvalue weighted by Crippen LogP contribution is 2.05. The van der Waals surface area contributed by atoms with Crippen molar-refractivity contribution < 1.29 is 14.3 Å². The fraction of sp³-hybridized carbons (Fsp3) is 0.700. The van der Waals surface area contributed by atoms with Gasteiger partial charge in [0, 0.05) is 0 Å². The standard InChI is InChI=1S/C10H16N2O3/c1-4-5-8(6-11)9(13)12-7(2)10(14)15-3/h7-8H,4-5H2,1-3H3,(H,12,13). The summed E-state index contributed by atoms with van der Waals surface area (Å²) in [5.41, 5.74) is 0. The van der Waals surface area contributed by atoms with Crippen molar-refractivity contribution in [3.8, 4) is 6.07 Å². The molecule has 0 spiro atoms. The van der Waals surface area contributed by atoms with Gasteiger partial charge in [0.2, 0.25) is 5.91 Å². The molecule has 0 aliphatic heterocycles. The number of methoxy groups -OCH3 is 1. The van der Waals surface area contributed by atoms with E-state index in [1.165, 1.54) is 14.0 Å². The van der Waals surface area contributed by atoms with Crippen LogP contribution >= 0.6 is 0 Å². The predicted octanol–water partition coefficient (Wildman–Crippen LogP) is 0.604. The van der Waals surface area contributed by atoms with Crippen LogP contribution in [0.4, 0.5) is 0 Å². The SMILES string of the molecule is CCCC(C#N)C(=O)NC(C)C(=O)OC. The second-order valence-electron chi connectivity index (χ2n) is 3.22. The molecule has 2 atom stereocenters. The number of nitrogens with zero attached hydrogens (tertiary/aromatic N) is 1. The summed E-state index contributed by atoms with van der Waals surface area (Å²) >= 11 is 0. The van der Waals surface area contributed by atoms with Gasteiger partial charge in [0.05, 0.1) is 13.2 Å². The van der Waals surface area contributed by atoms with Gasteiger partial charge < -0.3 is 10.1 Å². The average molecular weight is 212 g/mol. The zero-order valence-electron chi connectivity index (χ0n) is 9.24. The van der Waals surface area contributed by atoms with Gasteiger partial charge in [-0.05, 0) is 13.3 Å². The molecule has 0 aliphatic carbocycles. The van der Waals surface area contributed by atoms with Crippen LogP contribution in [0.25, 0.3) is 0 Å². The molecule has 0 aromatic heterocycles. The second kappa shape index (κ2) is 6.82. The van der Waals surface area contributed by atoms with Crippen molar-refractivity contribution in [2.24, 2.45) is 5.92 Å². The van der Waals surface area contributed by atoms with Crippen LogP contribution in [0, 0.1) is 17.2 Å². The van der Waals surface area contributed by atoms with Crippen LogP contribution in [0.2, 0.25) is 0 Å². The van der Waals surface area contributed by atoms with Crippen molar-refractivity contribution in [3.63, 3.8) is 0 Å². The molecule has 0 radical (unpaired) electrons. The number of rotatable bonds is 5. The van der Waals surface area contributed by atoms with E-state index in [-0.39, 0.29) is 0 Å². The third kappa shape index (κ3) is 4.45. The molecule has 1 amide bonds. The Hall–Kier alpha value is -1.57. The minimum atomic E-state index is -0.713. The number of hydrogen-bond donors (Lipinski definition) is 1. The predicted molar refractivity (Wildman–Crippen MR) is 53.6 cm³/mol. The number of carbonyl (C=O) groups is 2. The molecular weight excluding hydrogens is 196 g/mol. The van der Waals surface area contributed by atoms with Gasteiger partial charge in [-0.15, -0.1) is 0 Å². The first kappa shape index (κ1) is 13.4. The minimum absolute atomic E-state index is 0.419. The number of amides is 1. The molecule has 1 N–H and O–H groups in total. The lowest BCUT2D eigenvalue weighted by Crippen LogP contribution is -2.42. The molecule has 0 aliphatic rings. The molecule has 0 saturated carbocycles. The van der Waals surface area contributed by atoms with Crippen molar-refractivity contribution in [2.45, 2.75) is 32.7 Å². The summed E-state index contributed by atoms with van der Waals surface area (Å²) in [6, 6.07) is 1.19. The Morgan fingerprint density at radius 2 is 2.13 bits per heavy atom. The van der Waals surface area contributed by atoms with E-state index >= 15 is 0 Å². The van der Waals surface area contributed by atoms with Crippen LogP contribution < -0.4 is 5.32 Å². The Labute approximate surface area is 89.4 Å². The molecule has 0 aromatic rings. The van der Waals surface area contributed by atoms with Crippen molar-refractivity contribution >= 4 is 11.9 Å². The highest BCUT2D eigenvalue weighted by atomic mass is 16.5. The first-order valence-corrected chi connectivity index (χ1v) is 4.84. The third-order valence-electron chi connectivity index (χ3n) is 1.96. The number of nitriles is 1. The monoisotopic (exact) mass is 212 g/mol. The largest absolute Gasteiger partial charge is 0.467 e. The molecule has 2 unspecified atom stereocenters. The topological polar surface area (TPSA) is 79.2 Å². The first-order valence-electron chi connectivity index (χ1n) is 4.84. The third-order valence-corrected chi connectivity index (χ3v) is 1.96. The first-order chi connectivity index (χ1) is 7.06. The maximum atomic E-state index is 11.5. The highest BCUT2D eigenvalue weighted by Gasteiger charge is 2.21. The highest BCUT2D eigenvalue weighted by molar-refractivity contribution is 5.86.